The predicted molar refractivity (Wildman–Crippen MR) is 28.7 cm³/mol. The van der Waals surface area contributed by atoms with Gasteiger partial charge in [0.15, 0.2) is 11.6 Å². The Balaban J connectivity index is 3.12. The molecule has 0 saturated heterocycles. The predicted octanol–water partition coefficient (Wildman–Crippen LogP) is -0.298. The zero-order chi connectivity index (χ0) is 5.28. The first-order valence-corrected chi connectivity index (χ1v) is 2.37. The van der Waals surface area contributed by atoms with Gasteiger partial charge in [-0.3, -0.25) is 0 Å². The van der Waals surface area contributed by atoms with Crippen LogP contribution >= 0.6 is 11.7 Å². The quantitative estimate of drug-likeness (QED) is 0.488. The van der Waals surface area contributed by atoms with Crippen LogP contribution in [0.1, 0.15) is 0 Å². The van der Waals surface area contributed by atoms with Crippen molar-refractivity contribution in [2.45, 2.75) is 0 Å². The fraction of sp³-hybridized carbons (Fsp3) is 0. The lowest BCUT2D eigenvalue weighted by Crippen LogP contribution is -1.91. The Morgan fingerprint density at radius 2 is 1.57 bits per heavy atom. The van der Waals surface area contributed by atoms with E-state index in [1.807, 2.05) is 0 Å². The fourth-order valence-corrected chi connectivity index (χ4v) is 0.606. The van der Waals surface area contributed by atoms with Crippen LogP contribution in [0, 0.1) is 0 Å². The van der Waals surface area contributed by atoms with Gasteiger partial charge in [0.1, 0.15) is 0 Å². The maximum atomic E-state index is 5.15. The summed E-state index contributed by atoms with van der Waals surface area (Å²) < 4.78 is 7.20. The van der Waals surface area contributed by atoms with Crippen molar-refractivity contribution in [3.05, 3.63) is 0 Å². The zero-order valence-corrected chi connectivity index (χ0v) is 4.27. The zero-order valence-electron chi connectivity index (χ0n) is 3.46. The first-order valence-electron chi connectivity index (χ1n) is 1.64. The highest BCUT2D eigenvalue weighted by atomic mass is 32.1. The van der Waals surface area contributed by atoms with Gasteiger partial charge >= 0.3 is 0 Å². The van der Waals surface area contributed by atoms with Gasteiger partial charge in [-0.1, -0.05) is 0 Å². The SMILES string of the molecule is Nc1nsnc1N. The van der Waals surface area contributed by atoms with E-state index in [0.29, 0.717) is 11.6 Å². The summed E-state index contributed by atoms with van der Waals surface area (Å²) in [5.74, 6) is 0.648. The Morgan fingerprint density at radius 1 is 1.14 bits per heavy atom. The number of nitrogens with two attached hydrogens (primary N) is 2. The Labute approximate surface area is 44.5 Å². The fourth-order valence-electron chi connectivity index (χ4n) is 0.202. The minimum atomic E-state index is 0.324. The van der Waals surface area contributed by atoms with E-state index >= 15 is 0 Å². The van der Waals surface area contributed by atoms with E-state index in [4.69, 9.17) is 11.5 Å². The molecule has 0 bridgehead atoms. The molecule has 1 aromatic heterocycles. The van der Waals surface area contributed by atoms with Crippen molar-refractivity contribution in [1.29, 1.82) is 0 Å². The van der Waals surface area contributed by atoms with E-state index in [1.165, 1.54) is 0 Å². The highest BCUT2D eigenvalue weighted by Crippen LogP contribution is 2.06. The average molecular weight is 116 g/mol. The molecule has 0 atom stereocenters. The standard InChI is InChI=1S/C2H4N4S/c3-1-2(4)6-7-5-1/h(H2,3,5)(H2,4,6). The smallest absolute Gasteiger partial charge is 0.181 e. The topological polar surface area (TPSA) is 77.8 Å². The summed E-state index contributed by atoms with van der Waals surface area (Å²) in [6.45, 7) is 0. The summed E-state index contributed by atoms with van der Waals surface area (Å²) >= 11 is 1.02. The minimum absolute atomic E-state index is 0.324. The molecule has 1 heterocycles. The molecule has 0 unspecified atom stereocenters. The van der Waals surface area contributed by atoms with E-state index in [9.17, 15) is 0 Å². The molecular weight excluding hydrogens is 112 g/mol. The molecule has 0 aromatic carbocycles. The van der Waals surface area contributed by atoms with Gasteiger partial charge < -0.3 is 11.5 Å². The molecular formula is C2H4N4S. The van der Waals surface area contributed by atoms with Crippen molar-refractivity contribution in [1.82, 2.24) is 8.75 Å². The van der Waals surface area contributed by atoms with Crippen LogP contribution in [0.15, 0.2) is 0 Å². The second kappa shape index (κ2) is 1.34. The van der Waals surface area contributed by atoms with Gasteiger partial charge in [-0.15, -0.1) is 0 Å². The van der Waals surface area contributed by atoms with E-state index in [2.05, 4.69) is 8.75 Å². The van der Waals surface area contributed by atoms with Gasteiger partial charge in [0.05, 0.1) is 11.7 Å². The van der Waals surface area contributed by atoms with Crippen molar-refractivity contribution in [2.75, 3.05) is 11.5 Å². The van der Waals surface area contributed by atoms with Crippen LogP contribution < -0.4 is 11.5 Å². The van der Waals surface area contributed by atoms with Gasteiger partial charge in [0.2, 0.25) is 0 Å². The number of hydrogen-bond acceptors (Lipinski definition) is 5. The largest absolute Gasteiger partial charge is 0.380 e. The van der Waals surface area contributed by atoms with Crippen LogP contribution in [-0.4, -0.2) is 8.75 Å². The van der Waals surface area contributed by atoms with Crippen LogP contribution in [-0.2, 0) is 0 Å². The maximum absolute atomic E-state index is 5.15. The third kappa shape index (κ3) is 0.614. The highest BCUT2D eigenvalue weighted by molar-refractivity contribution is 6.99. The van der Waals surface area contributed by atoms with Gasteiger partial charge in [-0.25, -0.2) is 0 Å². The lowest BCUT2D eigenvalue weighted by molar-refractivity contribution is 1.52. The molecule has 0 spiro atoms. The summed E-state index contributed by atoms with van der Waals surface area (Å²) in [6.07, 6.45) is 0. The number of nitrogens with zero attached hydrogens (tertiary/aromatic N) is 2. The molecule has 38 valence electrons. The Hall–Kier alpha value is -0.840. The van der Waals surface area contributed by atoms with Crippen LogP contribution in [0.2, 0.25) is 0 Å². The number of hydrogen-bond donors (Lipinski definition) is 2. The monoisotopic (exact) mass is 116 g/mol. The van der Waals surface area contributed by atoms with Crippen molar-refractivity contribution < 1.29 is 0 Å². The molecule has 0 aliphatic heterocycles. The second-order valence-electron chi connectivity index (χ2n) is 1.03. The van der Waals surface area contributed by atoms with Gasteiger partial charge in [-0.2, -0.15) is 8.75 Å². The van der Waals surface area contributed by atoms with Crippen LogP contribution in [0.3, 0.4) is 0 Å². The number of aromatic nitrogens is 2. The molecule has 1 rings (SSSR count). The third-order valence-electron chi connectivity index (χ3n) is 0.541. The summed E-state index contributed by atoms with van der Waals surface area (Å²) in [5, 5.41) is 0. The Kier molecular flexibility index (Phi) is 0.828. The summed E-state index contributed by atoms with van der Waals surface area (Å²) in [6, 6.07) is 0. The van der Waals surface area contributed by atoms with Crippen LogP contribution in [0.25, 0.3) is 0 Å². The molecule has 4 N–H and O–H groups in total. The van der Waals surface area contributed by atoms with Crippen LogP contribution in [0.4, 0.5) is 11.6 Å². The van der Waals surface area contributed by atoms with E-state index in [-0.39, 0.29) is 0 Å². The first kappa shape index (κ1) is 4.32. The minimum Gasteiger partial charge on any atom is -0.380 e. The first-order chi connectivity index (χ1) is 3.30. The highest BCUT2D eigenvalue weighted by Gasteiger charge is 1.93. The molecule has 5 heteroatoms. The van der Waals surface area contributed by atoms with Gasteiger partial charge in [-0.05, 0) is 0 Å². The average Bonchev–Trinajstić information content (AvgIpc) is 1.91. The molecule has 0 saturated carbocycles. The third-order valence-corrected chi connectivity index (χ3v) is 1.10. The molecule has 1 aromatic rings. The van der Waals surface area contributed by atoms with E-state index in [0.717, 1.165) is 11.7 Å². The molecule has 7 heavy (non-hydrogen) atoms. The number of anilines is 2. The van der Waals surface area contributed by atoms with E-state index in [1.54, 1.807) is 0 Å². The van der Waals surface area contributed by atoms with Gasteiger partial charge in [0.25, 0.3) is 0 Å². The maximum Gasteiger partial charge on any atom is 0.181 e. The van der Waals surface area contributed by atoms with Crippen molar-refractivity contribution in [3.8, 4) is 0 Å². The molecule has 4 nitrogen and oxygen atoms in total. The van der Waals surface area contributed by atoms with Crippen molar-refractivity contribution >= 4 is 23.4 Å². The normalized spacial score (nSPS) is 9.14. The molecule has 0 fully saturated rings. The molecule has 0 radical (unpaired) electrons. The lowest BCUT2D eigenvalue weighted by atomic mass is 10.7. The number of nitrogen functional groups attached to an aromatic ring is 2. The summed E-state index contributed by atoms with van der Waals surface area (Å²) in [4.78, 5) is 0. The van der Waals surface area contributed by atoms with Crippen molar-refractivity contribution in [2.24, 2.45) is 0 Å². The summed E-state index contributed by atoms with van der Waals surface area (Å²) in [5.41, 5.74) is 10.3. The molecule has 0 aliphatic rings. The Morgan fingerprint density at radius 3 is 1.71 bits per heavy atom. The lowest BCUT2D eigenvalue weighted by Gasteiger charge is -1.77. The molecule has 0 aliphatic carbocycles. The van der Waals surface area contributed by atoms with Gasteiger partial charge in [0, 0.05) is 0 Å². The summed E-state index contributed by atoms with van der Waals surface area (Å²) in [7, 11) is 0. The Bertz CT molecular complexity index is 142. The van der Waals surface area contributed by atoms with Crippen molar-refractivity contribution in [3.63, 3.8) is 0 Å². The molecule has 0 amide bonds. The second-order valence-corrected chi connectivity index (χ2v) is 1.56. The van der Waals surface area contributed by atoms with E-state index < -0.39 is 0 Å². The number of rotatable bonds is 0. The van der Waals surface area contributed by atoms with Crippen LogP contribution in [0.5, 0.6) is 0 Å².